The van der Waals surface area contributed by atoms with Crippen molar-refractivity contribution in [2.24, 2.45) is 0 Å². The molecule has 1 fully saturated rings. The van der Waals surface area contributed by atoms with E-state index in [1.54, 1.807) is 19.0 Å². The molecule has 8 nitrogen and oxygen atoms in total. The highest BCUT2D eigenvalue weighted by atomic mass is 16.5. The van der Waals surface area contributed by atoms with Crippen LogP contribution in [0.2, 0.25) is 0 Å². The van der Waals surface area contributed by atoms with Crippen LogP contribution >= 0.6 is 0 Å². The van der Waals surface area contributed by atoms with Crippen molar-refractivity contribution in [3.05, 3.63) is 17.5 Å². The molecule has 1 aromatic heterocycles. The van der Waals surface area contributed by atoms with Crippen molar-refractivity contribution in [2.75, 3.05) is 27.2 Å². The predicted octanol–water partition coefficient (Wildman–Crippen LogP) is 1.35. The Bertz CT molecular complexity index is 664. The molecule has 0 spiro atoms. The van der Waals surface area contributed by atoms with Crippen LogP contribution in [0.4, 0.5) is 4.79 Å². The van der Waals surface area contributed by atoms with Gasteiger partial charge in [-0.15, -0.1) is 0 Å². The van der Waals surface area contributed by atoms with Crippen molar-refractivity contribution >= 4 is 11.9 Å². The average molecular weight is 363 g/mol. The van der Waals surface area contributed by atoms with Crippen LogP contribution in [0, 0.1) is 0 Å². The van der Waals surface area contributed by atoms with Crippen molar-refractivity contribution < 1.29 is 14.3 Å². The number of nitrogens with zero attached hydrogens (tertiary/aromatic N) is 4. The third kappa shape index (κ3) is 4.00. The zero-order valence-corrected chi connectivity index (χ0v) is 16.0. The molecule has 3 amide bonds. The van der Waals surface area contributed by atoms with E-state index in [1.165, 1.54) is 0 Å². The molecule has 0 saturated carbocycles. The van der Waals surface area contributed by atoms with Gasteiger partial charge in [0.15, 0.2) is 0 Å². The molecule has 0 radical (unpaired) electrons. The fourth-order valence-corrected chi connectivity index (χ4v) is 3.53. The summed E-state index contributed by atoms with van der Waals surface area (Å²) in [5.41, 5.74) is 1.08. The fraction of sp³-hybridized carbons (Fsp3) is 0.722. The smallest absolute Gasteiger partial charge is 0.319 e. The predicted molar refractivity (Wildman–Crippen MR) is 96.4 cm³/mol. The second kappa shape index (κ2) is 7.65. The van der Waals surface area contributed by atoms with Gasteiger partial charge in [-0.2, -0.15) is 5.10 Å². The van der Waals surface area contributed by atoms with Crippen molar-refractivity contribution in [3.8, 4) is 0 Å². The lowest BCUT2D eigenvalue weighted by molar-refractivity contribution is -0.150. The van der Waals surface area contributed by atoms with Crippen LogP contribution in [0.25, 0.3) is 0 Å². The fourth-order valence-electron chi connectivity index (χ4n) is 3.53. The average Bonchev–Trinajstić information content (AvgIpc) is 2.89. The summed E-state index contributed by atoms with van der Waals surface area (Å²) in [6, 6.07) is 1.99. The van der Waals surface area contributed by atoms with Gasteiger partial charge in [-0.25, -0.2) is 4.79 Å². The number of nitrogens with one attached hydrogen (secondary N) is 1. The van der Waals surface area contributed by atoms with Gasteiger partial charge in [0.25, 0.3) is 5.91 Å². The number of hydrogen-bond acceptors (Lipinski definition) is 4. The molecule has 1 saturated heterocycles. The highest BCUT2D eigenvalue weighted by Gasteiger charge is 2.35. The quantitative estimate of drug-likeness (QED) is 0.879. The SMILES string of the molecule is CN(C)C(=O)N1CCCn2nc(CNC(=O)C3(C)CCCCO3)cc2C1. The Kier molecular flexibility index (Phi) is 5.50. The Hall–Kier alpha value is -2.09. The van der Waals surface area contributed by atoms with Crippen molar-refractivity contribution in [1.29, 1.82) is 0 Å². The summed E-state index contributed by atoms with van der Waals surface area (Å²) in [4.78, 5) is 28.2. The summed E-state index contributed by atoms with van der Waals surface area (Å²) in [6.07, 6.45) is 3.64. The van der Waals surface area contributed by atoms with Gasteiger partial charge in [-0.3, -0.25) is 9.48 Å². The lowest BCUT2D eigenvalue weighted by Crippen LogP contribution is -2.48. The topological polar surface area (TPSA) is 79.7 Å². The molecule has 2 aliphatic heterocycles. The van der Waals surface area contributed by atoms with Crippen molar-refractivity contribution in [3.63, 3.8) is 0 Å². The molecule has 26 heavy (non-hydrogen) atoms. The zero-order valence-electron chi connectivity index (χ0n) is 16.0. The number of urea groups is 1. The highest BCUT2D eigenvalue weighted by Crippen LogP contribution is 2.24. The minimum Gasteiger partial charge on any atom is -0.365 e. The molecular formula is C18H29N5O3. The van der Waals surface area contributed by atoms with E-state index in [9.17, 15) is 9.59 Å². The Balaban J connectivity index is 1.62. The molecular weight excluding hydrogens is 334 g/mol. The van der Waals surface area contributed by atoms with E-state index in [0.29, 0.717) is 19.7 Å². The number of rotatable bonds is 3. The summed E-state index contributed by atoms with van der Waals surface area (Å²) >= 11 is 0. The van der Waals surface area contributed by atoms with Crippen molar-refractivity contribution in [2.45, 2.75) is 57.8 Å². The highest BCUT2D eigenvalue weighted by molar-refractivity contribution is 5.84. The van der Waals surface area contributed by atoms with E-state index in [0.717, 1.165) is 50.2 Å². The van der Waals surface area contributed by atoms with E-state index in [1.807, 2.05) is 22.6 Å². The van der Waals surface area contributed by atoms with Crippen LogP contribution in [-0.4, -0.2) is 64.4 Å². The van der Waals surface area contributed by atoms with Crippen LogP contribution in [0.15, 0.2) is 6.07 Å². The van der Waals surface area contributed by atoms with Crippen LogP contribution in [0.1, 0.15) is 44.0 Å². The summed E-state index contributed by atoms with van der Waals surface area (Å²) in [6.45, 7) is 4.91. The van der Waals surface area contributed by atoms with Crippen LogP contribution in [0.3, 0.4) is 0 Å². The molecule has 2 aliphatic rings. The molecule has 144 valence electrons. The Labute approximate surface area is 154 Å². The number of aromatic nitrogens is 2. The standard InChI is InChI=1S/C18H29N5O3/c1-18(7-4-5-10-26-18)16(24)19-12-14-11-15-13-22(17(25)21(2)3)8-6-9-23(15)20-14/h11H,4-10,12-13H2,1-3H3,(H,19,24). The maximum absolute atomic E-state index is 12.5. The van der Waals surface area contributed by atoms with E-state index in [-0.39, 0.29) is 11.9 Å². The zero-order chi connectivity index (χ0) is 18.7. The Morgan fingerprint density at radius 2 is 2.12 bits per heavy atom. The van der Waals surface area contributed by atoms with Gasteiger partial charge in [0.2, 0.25) is 0 Å². The number of amides is 3. The van der Waals surface area contributed by atoms with E-state index in [4.69, 9.17) is 4.74 Å². The van der Waals surface area contributed by atoms with Crippen LogP contribution in [-0.2, 0) is 29.2 Å². The van der Waals surface area contributed by atoms with E-state index in [2.05, 4.69) is 10.4 Å². The third-order valence-electron chi connectivity index (χ3n) is 5.10. The lowest BCUT2D eigenvalue weighted by atomic mass is 9.95. The molecule has 8 heteroatoms. The molecule has 1 unspecified atom stereocenters. The summed E-state index contributed by atoms with van der Waals surface area (Å²) in [7, 11) is 3.53. The van der Waals surface area contributed by atoms with Gasteiger partial charge in [-0.05, 0) is 38.7 Å². The van der Waals surface area contributed by atoms with Gasteiger partial charge < -0.3 is 19.9 Å². The largest absolute Gasteiger partial charge is 0.365 e. The maximum atomic E-state index is 12.5. The molecule has 0 aromatic carbocycles. The number of carbonyl (C=O) groups is 2. The van der Waals surface area contributed by atoms with Gasteiger partial charge in [0.1, 0.15) is 5.60 Å². The monoisotopic (exact) mass is 363 g/mol. The van der Waals surface area contributed by atoms with Gasteiger partial charge in [-0.1, -0.05) is 0 Å². The Morgan fingerprint density at radius 1 is 1.31 bits per heavy atom. The summed E-state index contributed by atoms with van der Waals surface area (Å²) < 4.78 is 7.64. The minimum atomic E-state index is -0.732. The number of hydrogen-bond donors (Lipinski definition) is 1. The molecule has 0 aliphatic carbocycles. The molecule has 1 atom stereocenters. The van der Waals surface area contributed by atoms with Crippen molar-refractivity contribution in [1.82, 2.24) is 24.9 Å². The third-order valence-corrected chi connectivity index (χ3v) is 5.10. The number of ether oxygens (including phenoxy) is 1. The summed E-state index contributed by atoms with van der Waals surface area (Å²) in [5.74, 6) is -0.0789. The lowest BCUT2D eigenvalue weighted by Gasteiger charge is -2.32. The molecule has 3 heterocycles. The van der Waals surface area contributed by atoms with Gasteiger partial charge in [0.05, 0.1) is 24.5 Å². The number of carbonyl (C=O) groups excluding carboxylic acids is 2. The second-order valence-electron chi connectivity index (χ2n) is 7.52. The first kappa shape index (κ1) is 18.7. The number of aryl methyl sites for hydroxylation is 1. The van der Waals surface area contributed by atoms with E-state index < -0.39 is 5.60 Å². The van der Waals surface area contributed by atoms with Crippen LogP contribution in [0.5, 0.6) is 0 Å². The first-order valence-corrected chi connectivity index (χ1v) is 9.33. The van der Waals surface area contributed by atoms with Crippen LogP contribution < -0.4 is 5.32 Å². The molecule has 0 bridgehead atoms. The number of fused-ring (bicyclic) bond motifs is 1. The first-order chi connectivity index (χ1) is 12.4. The van der Waals surface area contributed by atoms with Gasteiger partial charge in [0, 0.05) is 33.8 Å². The molecule has 1 aromatic rings. The minimum absolute atomic E-state index is 0.0110. The summed E-state index contributed by atoms with van der Waals surface area (Å²) in [5, 5.41) is 7.56. The Morgan fingerprint density at radius 3 is 2.81 bits per heavy atom. The molecule has 3 rings (SSSR count). The van der Waals surface area contributed by atoms with E-state index >= 15 is 0 Å². The second-order valence-corrected chi connectivity index (χ2v) is 7.52. The maximum Gasteiger partial charge on any atom is 0.319 e. The first-order valence-electron chi connectivity index (χ1n) is 9.33. The van der Waals surface area contributed by atoms with Gasteiger partial charge >= 0.3 is 6.03 Å². The normalized spacial score (nSPS) is 23.1. The molecule has 1 N–H and O–H groups in total.